The van der Waals surface area contributed by atoms with E-state index in [9.17, 15) is 18.0 Å². The number of pyridine rings is 1. The van der Waals surface area contributed by atoms with Gasteiger partial charge in [-0.3, -0.25) is 4.79 Å². The third kappa shape index (κ3) is 7.04. The van der Waals surface area contributed by atoms with Crippen LogP contribution in [-0.2, 0) is 20.4 Å². The van der Waals surface area contributed by atoms with Gasteiger partial charge in [-0.25, -0.2) is 4.98 Å². The molecular weight excluding hydrogens is 437 g/mol. The second-order valence-corrected chi connectivity index (χ2v) is 9.00. The lowest BCUT2D eigenvalue weighted by molar-refractivity contribution is -0.137. The lowest BCUT2D eigenvalue weighted by Crippen LogP contribution is -2.51. The summed E-state index contributed by atoms with van der Waals surface area (Å²) in [7, 11) is 1.70. The molecule has 3 heterocycles. The fraction of sp³-hybridized carbons (Fsp3) is 0.739. The molecule has 1 aromatic heterocycles. The van der Waals surface area contributed by atoms with E-state index in [1.54, 1.807) is 12.0 Å². The monoisotopic (exact) mass is 472 g/mol. The van der Waals surface area contributed by atoms with Gasteiger partial charge < -0.3 is 24.6 Å². The molecule has 1 N–H and O–H groups in total. The third-order valence-electron chi connectivity index (χ3n) is 6.55. The number of ether oxygens (including phenoxy) is 2. The highest BCUT2D eigenvalue weighted by Gasteiger charge is 2.32. The number of anilines is 1. The minimum absolute atomic E-state index is 0.0443. The Kier molecular flexibility index (Phi) is 8.95. The lowest BCUT2D eigenvalue weighted by Gasteiger charge is -2.37. The molecule has 4 atom stereocenters. The highest BCUT2D eigenvalue weighted by molar-refractivity contribution is 5.78. The van der Waals surface area contributed by atoms with E-state index >= 15 is 0 Å². The molecule has 0 aromatic carbocycles. The van der Waals surface area contributed by atoms with Crippen LogP contribution in [0.3, 0.4) is 0 Å². The van der Waals surface area contributed by atoms with Gasteiger partial charge in [0.15, 0.2) is 0 Å². The Morgan fingerprint density at radius 2 is 2.00 bits per heavy atom. The quantitative estimate of drug-likeness (QED) is 0.628. The maximum Gasteiger partial charge on any atom is 0.416 e. The van der Waals surface area contributed by atoms with Crippen LogP contribution in [0.15, 0.2) is 18.3 Å². The van der Waals surface area contributed by atoms with Gasteiger partial charge in [-0.05, 0) is 38.3 Å². The molecule has 0 saturated carbocycles. The summed E-state index contributed by atoms with van der Waals surface area (Å²) >= 11 is 0. The normalized spacial score (nSPS) is 23.9. The summed E-state index contributed by atoms with van der Waals surface area (Å²) in [5.41, 5.74) is -0.708. The first kappa shape index (κ1) is 25.7. The number of nitrogens with zero attached hydrogens (tertiary/aromatic N) is 3. The largest absolute Gasteiger partial charge is 0.416 e. The van der Waals surface area contributed by atoms with Gasteiger partial charge in [-0.2, -0.15) is 13.2 Å². The van der Waals surface area contributed by atoms with Crippen LogP contribution < -0.4 is 10.2 Å². The van der Waals surface area contributed by atoms with Crippen LogP contribution in [0.4, 0.5) is 19.0 Å². The van der Waals surface area contributed by atoms with Crippen molar-refractivity contribution in [3.05, 3.63) is 23.9 Å². The van der Waals surface area contributed by atoms with E-state index in [1.807, 2.05) is 11.8 Å². The molecule has 2 fully saturated rings. The number of aromatic nitrogens is 1. The second kappa shape index (κ2) is 11.5. The van der Waals surface area contributed by atoms with Gasteiger partial charge in [0, 0.05) is 64.1 Å². The minimum atomic E-state index is -4.40. The molecule has 0 aliphatic carbocycles. The standard InChI is InChI=1S/C23H35F3N4O3/c1-16(4-5-17(2)28-19-7-13-33-15-20(19)32-3)22(31)30-11-9-29(10-12-30)21-14-18(6-8-27-21)23(24,25)26/h6,8,14,16-17,19-20,28H,4-5,7,9-13,15H2,1-3H3. The number of rotatable bonds is 8. The number of amides is 1. The van der Waals surface area contributed by atoms with E-state index in [0.29, 0.717) is 38.6 Å². The van der Waals surface area contributed by atoms with Crippen LogP contribution in [0.5, 0.6) is 0 Å². The molecule has 2 aliphatic rings. The SMILES string of the molecule is COC1COCCC1NC(C)CCC(C)C(=O)N1CCN(c2cc(C(F)(F)F)ccn2)CC1. The first-order valence-electron chi connectivity index (χ1n) is 11.6. The molecule has 186 valence electrons. The molecule has 7 nitrogen and oxygen atoms in total. The van der Waals surface area contributed by atoms with Gasteiger partial charge in [0.2, 0.25) is 5.91 Å². The van der Waals surface area contributed by atoms with Gasteiger partial charge in [0.05, 0.1) is 18.3 Å². The number of hydrogen-bond donors (Lipinski definition) is 1. The maximum absolute atomic E-state index is 13.0. The Morgan fingerprint density at radius 3 is 2.67 bits per heavy atom. The van der Waals surface area contributed by atoms with E-state index in [1.165, 1.54) is 6.20 Å². The van der Waals surface area contributed by atoms with Crippen LogP contribution in [-0.4, -0.2) is 80.5 Å². The van der Waals surface area contributed by atoms with E-state index in [4.69, 9.17) is 9.47 Å². The average molecular weight is 473 g/mol. The molecule has 0 bridgehead atoms. The van der Waals surface area contributed by atoms with Crippen molar-refractivity contribution in [2.45, 2.75) is 57.5 Å². The average Bonchev–Trinajstić information content (AvgIpc) is 2.82. The predicted octanol–water partition coefficient (Wildman–Crippen LogP) is 2.95. The lowest BCUT2D eigenvalue weighted by atomic mass is 9.98. The summed E-state index contributed by atoms with van der Waals surface area (Å²) in [4.78, 5) is 20.6. The number of piperazine rings is 1. The van der Waals surface area contributed by atoms with Gasteiger partial charge in [0.25, 0.3) is 0 Å². The summed E-state index contributed by atoms with van der Waals surface area (Å²) in [6, 6.07) is 2.55. The van der Waals surface area contributed by atoms with Crippen molar-refractivity contribution in [3.8, 4) is 0 Å². The maximum atomic E-state index is 13.0. The van der Waals surface area contributed by atoms with Gasteiger partial charge in [-0.1, -0.05) is 6.92 Å². The number of carbonyl (C=O) groups is 1. The van der Waals surface area contributed by atoms with Crippen LogP contribution in [0.1, 0.15) is 38.7 Å². The summed E-state index contributed by atoms with van der Waals surface area (Å²) in [6.07, 6.45) is -0.628. The van der Waals surface area contributed by atoms with Crippen molar-refractivity contribution < 1.29 is 27.4 Å². The fourth-order valence-corrected chi connectivity index (χ4v) is 4.44. The van der Waals surface area contributed by atoms with Crippen molar-refractivity contribution >= 4 is 11.7 Å². The van der Waals surface area contributed by atoms with Crippen LogP contribution >= 0.6 is 0 Å². The zero-order valence-electron chi connectivity index (χ0n) is 19.6. The fourth-order valence-electron chi connectivity index (χ4n) is 4.44. The summed E-state index contributed by atoms with van der Waals surface area (Å²) in [6.45, 7) is 7.28. The Hall–Kier alpha value is -1.91. The van der Waals surface area contributed by atoms with Crippen LogP contribution in [0, 0.1) is 5.92 Å². The van der Waals surface area contributed by atoms with Crippen LogP contribution in [0.2, 0.25) is 0 Å². The number of halogens is 3. The van der Waals surface area contributed by atoms with Gasteiger partial charge in [-0.15, -0.1) is 0 Å². The Bertz CT molecular complexity index is 772. The van der Waals surface area contributed by atoms with Crippen molar-refractivity contribution in [2.24, 2.45) is 5.92 Å². The highest BCUT2D eigenvalue weighted by atomic mass is 19.4. The van der Waals surface area contributed by atoms with Crippen molar-refractivity contribution in [1.82, 2.24) is 15.2 Å². The number of hydrogen-bond acceptors (Lipinski definition) is 6. The summed E-state index contributed by atoms with van der Waals surface area (Å²) in [5.74, 6) is 0.285. The molecular formula is C23H35F3N4O3. The van der Waals surface area contributed by atoms with Crippen molar-refractivity contribution in [1.29, 1.82) is 0 Å². The highest BCUT2D eigenvalue weighted by Crippen LogP contribution is 2.31. The predicted molar refractivity (Wildman–Crippen MR) is 119 cm³/mol. The van der Waals surface area contributed by atoms with Crippen molar-refractivity contribution in [3.63, 3.8) is 0 Å². The first-order chi connectivity index (χ1) is 15.7. The Labute approximate surface area is 193 Å². The van der Waals surface area contributed by atoms with Crippen molar-refractivity contribution in [2.75, 3.05) is 51.4 Å². The molecule has 3 rings (SSSR count). The first-order valence-corrected chi connectivity index (χ1v) is 11.6. The van der Waals surface area contributed by atoms with Gasteiger partial charge in [0.1, 0.15) is 5.82 Å². The Balaban J connectivity index is 1.43. The molecule has 2 aliphatic heterocycles. The zero-order valence-corrected chi connectivity index (χ0v) is 19.6. The number of alkyl halides is 3. The van der Waals surface area contributed by atoms with E-state index in [0.717, 1.165) is 38.0 Å². The number of nitrogens with one attached hydrogen (secondary N) is 1. The second-order valence-electron chi connectivity index (χ2n) is 9.00. The molecule has 2 saturated heterocycles. The van der Waals surface area contributed by atoms with E-state index in [2.05, 4.69) is 17.2 Å². The number of methoxy groups -OCH3 is 1. The van der Waals surface area contributed by atoms with Crippen LogP contribution in [0.25, 0.3) is 0 Å². The molecule has 1 amide bonds. The topological polar surface area (TPSA) is 66.9 Å². The van der Waals surface area contributed by atoms with E-state index in [-0.39, 0.29) is 30.0 Å². The van der Waals surface area contributed by atoms with Gasteiger partial charge >= 0.3 is 6.18 Å². The smallest absolute Gasteiger partial charge is 0.379 e. The molecule has 33 heavy (non-hydrogen) atoms. The third-order valence-corrected chi connectivity index (χ3v) is 6.55. The minimum Gasteiger partial charge on any atom is -0.379 e. The molecule has 1 aromatic rings. The number of carbonyl (C=O) groups excluding carboxylic acids is 1. The molecule has 0 radical (unpaired) electrons. The molecule has 4 unspecified atom stereocenters. The molecule has 10 heteroatoms. The van der Waals surface area contributed by atoms with E-state index < -0.39 is 11.7 Å². The Morgan fingerprint density at radius 1 is 1.27 bits per heavy atom. The molecule has 0 spiro atoms. The zero-order chi connectivity index (χ0) is 24.0. The summed E-state index contributed by atoms with van der Waals surface area (Å²) in [5, 5.41) is 3.61. The summed E-state index contributed by atoms with van der Waals surface area (Å²) < 4.78 is 49.9.